The first kappa shape index (κ1) is 20.7. The van der Waals surface area contributed by atoms with Crippen molar-refractivity contribution < 1.29 is 14.3 Å². The summed E-state index contributed by atoms with van der Waals surface area (Å²) in [4.78, 5) is 29.3. The summed E-state index contributed by atoms with van der Waals surface area (Å²) in [6.45, 7) is 0.882. The van der Waals surface area contributed by atoms with Crippen LogP contribution in [-0.4, -0.2) is 23.8 Å². The number of nitrogens with zero attached hydrogens (tertiary/aromatic N) is 2. The molecule has 0 saturated heterocycles. The number of benzene rings is 3. The molecule has 1 aliphatic rings. The number of carbonyl (C=O) groups excluding carboxylic acids is 2. The molecule has 0 fully saturated rings. The van der Waals surface area contributed by atoms with E-state index >= 15 is 0 Å². The van der Waals surface area contributed by atoms with Crippen LogP contribution >= 0.6 is 11.6 Å². The first-order chi connectivity index (χ1) is 15.1. The predicted molar refractivity (Wildman–Crippen MR) is 120 cm³/mol. The van der Waals surface area contributed by atoms with E-state index in [1.54, 1.807) is 31.4 Å². The molecule has 2 amide bonds. The smallest absolute Gasteiger partial charge is 0.283 e. The van der Waals surface area contributed by atoms with Crippen molar-refractivity contribution >= 4 is 29.1 Å². The number of imide groups is 1. The van der Waals surface area contributed by atoms with Crippen LogP contribution in [0.1, 0.15) is 11.1 Å². The van der Waals surface area contributed by atoms with Crippen LogP contribution in [0.15, 0.2) is 95.7 Å². The van der Waals surface area contributed by atoms with Gasteiger partial charge in [0.2, 0.25) is 0 Å². The fraction of sp³-hybridized carbons (Fsp3) is 0.120. The number of rotatable bonds is 7. The maximum atomic E-state index is 13.4. The molecule has 1 aliphatic heterocycles. The first-order valence-corrected chi connectivity index (χ1v) is 10.2. The van der Waals surface area contributed by atoms with Crippen LogP contribution in [0.4, 0.5) is 5.69 Å². The Bertz CT molecular complexity index is 1070. The van der Waals surface area contributed by atoms with Crippen molar-refractivity contribution in [3.05, 3.63) is 107 Å². The molecule has 4 rings (SSSR count). The maximum Gasteiger partial charge on any atom is 0.283 e. The van der Waals surface area contributed by atoms with Gasteiger partial charge in [-0.15, -0.1) is 0 Å². The lowest BCUT2D eigenvalue weighted by Crippen LogP contribution is -2.35. The van der Waals surface area contributed by atoms with Crippen LogP contribution < -0.4 is 9.64 Å². The van der Waals surface area contributed by atoms with Crippen LogP contribution in [0, 0.1) is 0 Å². The Kier molecular flexibility index (Phi) is 6.05. The summed E-state index contributed by atoms with van der Waals surface area (Å²) in [5.74, 6) is -0.332. The number of hydrogen-bond donors (Lipinski definition) is 0. The minimum absolute atomic E-state index is 0.0762. The number of hydrogen-bond acceptors (Lipinski definition) is 4. The third kappa shape index (κ3) is 4.32. The van der Waals surface area contributed by atoms with Gasteiger partial charge in [-0.2, -0.15) is 0 Å². The molecule has 5 nitrogen and oxygen atoms in total. The quantitative estimate of drug-likeness (QED) is 0.507. The van der Waals surface area contributed by atoms with Gasteiger partial charge in [0.15, 0.2) is 0 Å². The molecule has 0 aliphatic carbocycles. The molecule has 3 aromatic rings. The Balaban J connectivity index is 1.68. The summed E-state index contributed by atoms with van der Waals surface area (Å²) in [7, 11) is 1.56. The van der Waals surface area contributed by atoms with E-state index in [4.69, 9.17) is 16.3 Å². The average molecular weight is 433 g/mol. The highest BCUT2D eigenvalue weighted by Gasteiger charge is 2.41. The summed E-state index contributed by atoms with van der Waals surface area (Å²) in [5.41, 5.74) is 2.68. The van der Waals surface area contributed by atoms with Crippen molar-refractivity contribution in [2.45, 2.75) is 13.1 Å². The second kappa shape index (κ2) is 9.06. The Hall–Kier alpha value is -3.57. The zero-order chi connectivity index (χ0) is 21.8. The molecule has 0 N–H and O–H groups in total. The Morgan fingerprint density at radius 2 is 1.29 bits per heavy atom. The molecule has 1 heterocycles. The van der Waals surface area contributed by atoms with Crippen LogP contribution in [-0.2, 0) is 22.7 Å². The van der Waals surface area contributed by atoms with E-state index in [0.29, 0.717) is 24.5 Å². The Labute approximate surface area is 186 Å². The van der Waals surface area contributed by atoms with Gasteiger partial charge in [0.05, 0.1) is 12.8 Å². The topological polar surface area (TPSA) is 49.9 Å². The van der Waals surface area contributed by atoms with Gasteiger partial charge in [-0.3, -0.25) is 9.59 Å². The molecule has 31 heavy (non-hydrogen) atoms. The van der Waals surface area contributed by atoms with E-state index in [0.717, 1.165) is 16.0 Å². The van der Waals surface area contributed by atoms with Crippen molar-refractivity contribution in [2.24, 2.45) is 0 Å². The van der Waals surface area contributed by atoms with E-state index < -0.39 is 11.8 Å². The molecule has 0 radical (unpaired) electrons. The highest BCUT2D eigenvalue weighted by Crippen LogP contribution is 2.33. The van der Waals surface area contributed by atoms with Crippen LogP contribution in [0.25, 0.3) is 0 Å². The molecule has 0 atom stereocenters. The van der Waals surface area contributed by atoms with E-state index in [1.165, 1.54) is 0 Å². The summed E-state index contributed by atoms with van der Waals surface area (Å²) in [6.07, 6.45) is 0. The maximum absolute atomic E-state index is 13.4. The number of methoxy groups -OCH3 is 1. The van der Waals surface area contributed by atoms with Gasteiger partial charge >= 0.3 is 0 Å². The van der Waals surface area contributed by atoms with Crippen molar-refractivity contribution in [1.29, 1.82) is 0 Å². The number of anilines is 1. The van der Waals surface area contributed by atoms with Gasteiger partial charge in [0.25, 0.3) is 11.8 Å². The number of ether oxygens (including phenoxy) is 1. The highest BCUT2D eigenvalue weighted by molar-refractivity contribution is 6.52. The first-order valence-electron chi connectivity index (χ1n) is 9.84. The predicted octanol–water partition coefficient (Wildman–Crippen LogP) is 4.72. The Morgan fingerprint density at radius 1 is 0.774 bits per heavy atom. The lowest BCUT2D eigenvalue weighted by Gasteiger charge is -2.26. The van der Waals surface area contributed by atoms with Gasteiger partial charge < -0.3 is 9.64 Å². The minimum atomic E-state index is -0.530. The molecule has 6 heteroatoms. The minimum Gasteiger partial charge on any atom is -0.497 e. The van der Waals surface area contributed by atoms with Gasteiger partial charge in [-0.05, 0) is 35.4 Å². The number of halogens is 1. The van der Waals surface area contributed by atoms with Crippen molar-refractivity contribution in [3.63, 3.8) is 0 Å². The Morgan fingerprint density at radius 3 is 1.77 bits per heavy atom. The normalized spacial score (nSPS) is 13.7. The summed E-state index contributed by atoms with van der Waals surface area (Å²) < 4.78 is 5.17. The summed E-state index contributed by atoms with van der Waals surface area (Å²) in [5, 5.41) is -0.0762. The van der Waals surface area contributed by atoms with Crippen molar-refractivity contribution in [3.8, 4) is 5.75 Å². The zero-order valence-electron chi connectivity index (χ0n) is 17.0. The van der Waals surface area contributed by atoms with E-state index in [1.807, 2.05) is 65.6 Å². The fourth-order valence-corrected chi connectivity index (χ4v) is 3.84. The third-order valence-electron chi connectivity index (χ3n) is 5.08. The standard InChI is InChI=1S/C25H21ClN2O3/c1-31-21-14-12-20(13-15-21)28-24(29)22(26)23(25(28)30)27(16-18-8-4-2-5-9-18)17-19-10-6-3-7-11-19/h2-15H,16-17H2,1H3. The monoisotopic (exact) mass is 432 g/mol. The van der Waals surface area contributed by atoms with Crippen molar-refractivity contribution in [2.75, 3.05) is 12.0 Å². The lowest BCUT2D eigenvalue weighted by atomic mass is 10.1. The number of amides is 2. The van der Waals surface area contributed by atoms with Crippen molar-refractivity contribution in [1.82, 2.24) is 4.90 Å². The average Bonchev–Trinajstić information content (AvgIpc) is 3.03. The largest absolute Gasteiger partial charge is 0.497 e. The molecular formula is C25H21ClN2O3. The second-order valence-corrected chi connectivity index (χ2v) is 7.51. The van der Waals surface area contributed by atoms with Gasteiger partial charge in [0.1, 0.15) is 16.5 Å². The molecule has 156 valence electrons. The van der Waals surface area contributed by atoms with Gasteiger partial charge in [0, 0.05) is 13.1 Å². The highest BCUT2D eigenvalue weighted by atomic mass is 35.5. The van der Waals surface area contributed by atoms with Gasteiger partial charge in [-0.25, -0.2) is 4.90 Å². The summed E-state index contributed by atoms with van der Waals surface area (Å²) >= 11 is 6.46. The SMILES string of the molecule is COc1ccc(N2C(=O)C(Cl)=C(N(Cc3ccccc3)Cc3ccccc3)C2=O)cc1. The van der Waals surface area contributed by atoms with E-state index in [2.05, 4.69) is 0 Å². The fourth-order valence-electron chi connectivity index (χ4n) is 3.55. The molecule has 0 unspecified atom stereocenters. The van der Waals surface area contributed by atoms with E-state index in [-0.39, 0.29) is 10.7 Å². The van der Waals surface area contributed by atoms with Crippen LogP contribution in [0.3, 0.4) is 0 Å². The number of carbonyl (C=O) groups is 2. The molecule has 0 aromatic heterocycles. The lowest BCUT2D eigenvalue weighted by molar-refractivity contribution is -0.121. The summed E-state index contributed by atoms with van der Waals surface area (Å²) in [6, 6.07) is 26.3. The molecule has 0 spiro atoms. The van der Waals surface area contributed by atoms with Crippen LogP contribution in [0.2, 0.25) is 0 Å². The zero-order valence-corrected chi connectivity index (χ0v) is 17.8. The molecular weight excluding hydrogens is 412 g/mol. The molecule has 0 saturated carbocycles. The third-order valence-corrected chi connectivity index (χ3v) is 5.42. The van der Waals surface area contributed by atoms with Gasteiger partial charge in [-0.1, -0.05) is 72.3 Å². The van der Waals surface area contributed by atoms with E-state index in [9.17, 15) is 9.59 Å². The molecule has 0 bridgehead atoms. The second-order valence-electron chi connectivity index (χ2n) is 7.13. The van der Waals surface area contributed by atoms with Crippen LogP contribution in [0.5, 0.6) is 5.75 Å². The molecule has 3 aromatic carbocycles.